The van der Waals surface area contributed by atoms with Crippen molar-refractivity contribution in [2.45, 2.75) is 39.2 Å². The Hall–Kier alpha value is -1.82. The Balaban J connectivity index is 1.98. The van der Waals surface area contributed by atoms with E-state index in [9.17, 15) is 4.79 Å². The van der Waals surface area contributed by atoms with Crippen LogP contribution in [-0.2, 0) is 11.3 Å². The first-order chi connectivity index (χ1) is 9.10. The lowest BCUT2D eigenvalue weighted by molar-refractivity contribution is -0.134. The van der Waals surface area contributed by atoms with Crippen LogP contribution in [0.5, 0.6) is 0 Å². The van der Waals surface area contributed by atoms with E-state index in [2.05, 4.69) is 44.2 Å². The number of benzene rings is 1. The standard InChI is InChI=1S/C16H20N2O/c1-12(2)15-5-3-13(4-6-15)11-18-8-7-14(10-17)9-16(18)19/h3-6,12,14H,7-9,11H2,1-2H3. The zero-order valence-electron chi connectivity index (χ0n) is 11.6. The molecule has 2 rings (SSSR count). The summed E-state index contributed by atoms with van der Waals surface area (Å²) in [6.45, 7) is 5.70. The minimum Gasteiger partial charge on any atom is -0.338 e. The molecule has 1 aromatic rings. The van der Waals surface area contributed by atoms with Crippen LogP contribution in [-0.4, -0.2) is 17.4 Å². The summed E-state index contributed by atoms with van der Waals surface area (Å²) < 4.78 is 0. The van der Waals surface area contributed by atoms with Gasteiger partial charge in [0.1, 0.15) is 0 Å². The van der Waals surface area contributed by atoms with Crippen molar-refractivity contribution in [3.05, 3.63) is 35.4 Å². The van der Waals surface area contributed by atoms with Crippen LogP contribution in [0.3, 0.4) is 0 Å². The van der Waals surface area contributed by atoms with Gasteiger partial charge in [0.05, 0.1) is 12.0 Å². The van der Waals surface area contributed by atoms with E-state index < -0.39 is 0 Å². The van der Waals surface area contributed by atoms with Crippen molar-refractivity contribution in [1.29, 1.82) is 5.26 Å². The SMILES string of the molecule is CC(C)c1ccc(CN2CCC(C#N)CC2=O)cc1. The van der Waals surface area contributed by atoms with Crippen molar-refractivity contribution >= 4 is 5.91 Å². The summed E-state index contributed by atoms with van der Waals surface area (Å²) in [5.41, 5.74) is 2.48. The highest BCUT2D eigenvalue weighted by Gasteiger charge is 2.25. The minimum atomic E-state index is -0.0907. The van der Waals surface area contributed by atoms with Gasteiger partial charge in [0.15, 0.2) is 0 Å². The molecule has 1 fully saturated rings. The van der Waals surface area contributed by atoms with Gasteiger partial charge in [0.25, 0.3) is 0 Å². The van der Waals surface area contributed by atoms with Crippen molar-refractivity contribution in [3.8, 4) is 6.07 Å². The number of hydrogen-bond acceptors (Lipinski definition) is 2. The van der Waals surface area contributed by atoms with E-state index in [0.29, 0.717) is 25.4 Å². The van der Waals surface area contributed by atoms with Crippen LogP contribution in [0, 0.1) is 17.2 Å². The molecule has 1 amide bonds. The second kappa shape index (κ2) is 5.88. The van der Waals surface area contributed by atoms with Crippen LogP contribution in [0.4, 0.5) is 0 Å². The van der Waals surface area contributed by atoms with Gasteiger partial charge in [-0.15, -0.1) is 0 Å². The number of rotatable bonds is 3. The first-order valence-corrected chi connectivity index (χ1v) is 6.86. The largest absolute Gasteiger partial charge is 0.338 e. The molecule has 0 aliphatic carbocycles. The number of nitriles is 1. The van der Waals surface area contributed by atoms with Gasteiger partial charge in [-0.05, 0) is 23.5 Å². The van der Waals surface area contributed by atoms with E-state index in [0.717, 1.165) is 12.0 Å². The molecule has 0 spiro atoms. The number of piperidine rings is 1. The fraction of sp³-hybridized carbons (Fsp3) is 0.500. The van der Waals surface area contributed by atoms with E-state index >= 15 is 0 Å². The number of amides is 1. The maximum absolute atomic E-state index is 11.9. The van der Waals surface area contributed by atoms with Gasteiger partial charge in [-0.25, -0.2) is 0 Å². The fourth-order valence-corrected chi connectivity index (χ4v) is 2.38. The predicted octanol–water partition coefficient (Wildman–Crippen LogP) is 3.07. The summed E-state index contributed by atoms with van der Waals surface area (Å²) >= 11 is 0. The van der Waals surface area contributed by atoms with Gasteiger partial charge in [-0.2, -0.15) is 5.26 Å². The molecule has 1 aliphatic heterocycles. The van der Waals surface area contributed by atoms with Crippen LogP contribution >= 0.6 is 0 Å². The molecule has 0 N–H and O–H groups in total. The lowest BCUT2D eigenvalue weighted by Gasteiger charge is -2.29. The Bertz CT molecular complexity index is 484. The average molecular weight is 256 g/mol. The summed E-state index contributed by atoms with van der Waals surface area (Å²) in [5.74, 6) is 0.542. The van der Waals surface area contributed by atoms with Crippen molar-refractivity contribution in [1.82, 2.24) is 4.90 Å². The number of hydrogen-bond donors (Lipinski definition) is 0. The highest BCUT2D eigenvalue weighted by molar-refractivity contribution is 5.77. The molecule has 1 saturated heterocycles. The first kappa shape index (κ1) is 13.6. The molecule has 100 valence electrons. The van der Waals surface area contributed by atoms with Crippen molar-refractivity contribution in [3.63, 3.8) is 0 Å². The zero-order valence-corrected chi connectivity index (χ0v) is 11.6. The molecule has 1 aromatic carbocycles. The molecule has 1 unspecified atom stereocenters. The van der Waals surface area contributed by atoms with E-state index in [-0.39, 0.29) is 11.8 Å². The highest BCUT2D eigenvalue weighted by atomic mass is 16.2. The van der Waals surface area contributed by atoms with Crippen LogP contribution in [0.25, 0.3) is 0 Å². The molecule has 0 radical (unpaired) electrons. The summed E-state index contributed by atoms with van der Waals surface area (Å²) in [7, 11) is 0. The normalized spacial score (nSPS) is 19.6. The summed E-state index contributed by atoms with van der Waals surface area (Å²) in [6.07, 6.45) is 1.17. The van der Waals surface area contributed by atoms with Gasteiger partial charge >= 0.3 is 0 Å². The molecule has 19 heavy (non-hydrogen) atoms. The molecule has 1 heterocycles. The van der Waals surface area contributed by atoms with E-state index in [1.54, 1.807) is 0 Å². The lowest BCUT2D eigenvalue weighted by Crippen LogP contribution is -2.37. The van der Waals surface area contributed by atoms with Crippen LogP contribution in [0.2, 0.25) is 0 Å². The Morgan fingerprint density at radius 2 is 2.05 bits per heavy atom. The minimum absolute atomic E-state index is 0.0907. The topological polar surface area (TPSA) is 44.1 Å². The molecule has 0 aromatic heterocycles. The van der Waals surface area contributed by atoms with Crippen molar-refractivity contribution in [2.75, 3.05) is 6.54 Å². The molecule has 1 aliphatic rings. The predicted molar refractivity (Wildman–Crippen MR) is 74.3 cm³/mol. The third-order valence-corrected chi connectivity index (χ3v) is 3.72. The Morgan fingerprint density at radius 3 is 2.58 bits per heavy atom. The van der Waals surface area contributed by atoms with Gasteiger partial charge in [0.2, 0.25) is 5.91 Å². The monoisotopic (exact) mass is 256 g/mol. The highest BCUT2D eigenvalue weighted by Crippen LogP contribution is 2.20. The molecule has 3 heteroatoms. The van der Waals surface area contributed by atoms with Gasteiger partial charge in [-0.1, -0.05) is 38.1 Å². The molecule has 3 nitrogen and oxygen atoms in total. The number of likely N-dealkylation sites (tertiary alicyclic amines) is 1. The lowest BCUT2D eigenvalue weighted by atomic mass is 9.97. The maximum Gasteiger partial charge on any atom is 0.224 e. The Labute approximate surface area is 114 Å². The molecular formula is C16H20N2O. The van der Waals surface area contributed by atoms with E-state index in [1.807, 2.05) is 4.90 Å². The maximum atomic E-state index is 11.9. The first-order valence-electron chi connectivity index (χ1n) is 6.86. The van der Waals surface area contributed by atoms with Crippen molar-refractivity contribution < 1.29 is 4.79 Å². The van der Waals surface area contributed by atoms with E-state index in [1.165, 1.54) is 5.56 Å². The van der Waals surface area contributed by atoms with Crippen molar-refractivity contribution in [2.24, 2.45) is 5.92 Å². The third-order valence-electron chi connectivity index (χ3n) is 3.72. The summed E-state index contributed by atoms with van der Waals surface area (Å²) in [4.78, 5) is 13.8. The smallest absolute Gasteiger partial charge is 0.224 e. The van der Waals surface area contributed by atoms with Gasteiger partial charge < -0.3 is 4.90 Å². The third kappa shape index (κ3) is 3.35. The average Bonchev–Trinajstić information content (AvgIpc) is 2.41. The van der Waals surface area contributed by atoms with E-state index in [4.69, 9.17) is 5.26 Å². The fourth-order valence-electron chi connectivity index (χ4n) is 2.38. The number of nitrogens with zero attached hydrogens (tertiary/aromatic N) is 2. The van der Waals surface area contributed by atoms with Gasteiger partial charge in [0, 0.05) is 19.5 Å². The quantitative estimate of drug-likeness (QED) is 0.834. The summed E-state index contributed by atoms with van der Waals surface area (Å²) in [5, 5.41) is 8.85. The van der Waals surface area contributed by atoms with Crippen LogP contribution in [0.15, 0.2) is 24.3 Å². The van der Waals surface area contributed by atoms with Crippen LogP contribution in [0.1, 0.15) is 43.7 Å². The molecule has 0 bridgehead atoms. The Kier molecular flexibility index (Phi) is 4.21. The second-order valence-corrected chi connectivity index (χ2v) is 5.53. The molecule has 1 atom stereocenters. The zero-order chi connectivity index (χ0) is 13.8. The molecule has 0 saturated carbocycles. The second-order valence-electron chi connectivity index (χ2n) is 5.53. The Morgan fingerprint density at radius 1 is 1.37 bits per heavy atom. The number of carbonyl (C=O) groups excluding carboxylic acids is 1. The molecular weight excluding hydrogens is 236 g/mol. The summed E-state index contributed by atoms with van der Waals surface area (Å²) in [6, 6.07) is 10.6. The van der Waals surface area contributed by atoms with Crippen LogP contribution < -0.4 is 0 Å². The number of carbonyl (C=O) groups is 1. The van der Waals surface area contributed by atoms with Gasteiger partial charge in [-0.3, -0.25) is 4.79 Å².